The Morgan fingerprint density at radius 2 is 1.64 bits per heavy atom. The third-order valence-corrected chi connectivity index (χ3v) is 4.34. The van der Waals surface area contributed by atoms with Crippen LogP contribution in [0.2, 0.25) is 0 Å². The summed E-state index contributed by atoms with van der Waals surface area (Å²) in [6.45, 7) is 12.9. The van der Waals surface area contributed by atoms with Crippen molar-refractivity contribution < 1.29 is 0 Å². The van der Waals surface area contributed by atoms with Crippen LogP contribution in [-0.4, -0.2) is 0 Å². The van der Waals surface area contributed by atoms with Crippen molar-refractivity contribution in [3.63, 3.8) is 0 Å². The Kier molecular flexibility index (Phi) is 5.60. The second kappa shape index (κ2) is 7.45. The van der Waals surface area contributed by atoms with Gasteiger partial charge in [-0.1, -0.05) is 61.0 Å². The Hall–Kier alpha value is -1.82. The number of benzene rings is 2. The Bertz CT molecular complexity index is 644. The van der Waals surface area contributed by atoms with E-state index in [1.54, 1.807) is 0 Å². The van der Waals surface area contributed by atoms with Crippen LogP contribution in [0.25, 0.3) is 5.57 Å². The van der Waals surface area contributed by atoms with Crippen molar-refractivity contribution in [1.29, 1.82) is 0 Å². The Labute approximate surface area is 135 Å². The molecule has 0 nitrogen and oxygen atoms in total. The number of allylic oxidation sites excluding steroid dienone is 1. The molecule has 0 spiro atoms. The van der Waals surface area contributed by atoms with E-state index in [0.717, 1.165) is 19.3 Å². The monoisotopic (exact) mass is 292 g/mol. The van der Waals surface area contributed by atoms with Crippen LogP contribution >= 0.6 is 0 Å². The molecule has 22 heavy (non-hydrogen) atoms. The first-order valence-electron chi connectivity index (χ1n) is 8.35. The molecule has 0 saturated heterocycles. The molecule has 0 unspecified atom stereocenters. The van der Waals surface area contributed by atoms with Gasteiger partial charge in [0.05, 0.1) is 0 Å². The molecule has 0 radical (unpaired) electrons. The minimum atomic E-state index is 1.10. The highest BCUT2D eigenvalue weighted by Crippen LogP contribution is 2.25. The van der Waals surface area contributed by atoms with Gasteiger partial charge < -0.3 is 0 Å². The Morgan fingerprint density at radius 1 is 0.955 bits per heavy atom. The first kappa shape index (κ1) is 16.5. The van der Waals surface area contributed by atoms with Crippen molar-refractivity contribution >= 4 is 5.57 Å². The van der Waals surface area contributed by atoms with Gasteiger partial charge in [-0.15, -0.1) is 0 Å². The molecule has 2 aromatic rings. The maximum atomic E-state index is 4.18. The normalized spacial score (nSPS) is 10.7. The van der Waals surface area contributed by atoms with E-state index in [4.69, 9.17) is 0 Å². The van der Waals surface area contributed by atoms with Crippen LogP contribution in [0.15, 0.2) is 43.0 Å². The predicted molar refractivity (Wildman–Crippen MR) is 98.5 cm³/mol. The lowest BCUT2D eigenvalue weighted by atomic mass is 9.90. The summed E-state index contributed by atoms with van der Waals surface area (Å²) in [5.74, 6) is 0. The lowest BCUT2D eigenvalue weighted by Crippen LogP contribution is -1.99. The summed E-state index contributed by atoms with van der Waals surface area (Å²) in [4.78, 5) is 0. The molecule has 0 heteroatoms. The van der Waals surface area contributed by atoms with Crippen molar-refractivity contribution in [3.05, 3.63) is 76.4 Å². The molecule has 0 fully saturated rings. The molecule has 0 saturated carbocycles. The first-order valence-corrected chi connectivity index (χ1v) is 8.35. The number of hydrogen-bond donors (Lipinski definition) is 0. The third kappa shape index (κ3) is 4.10. The van der Waals surface area contributed by atoms with E-state index < -0.39 is 0 Å². The maximum absolute atomic E-state index is 4.18. The van der Waals surface area contributed by atoms with Gasteiger partial charge in [0.15, 0.2) is 0 Å². The standard InChI is InChI=1S/C22H28/c1-6-19-14-18(5)22(16(2)3)21(15-19)9-7-8-20-12-10-17(4)11-13-20/h10-15H,2,6-9H2,1,3-5H3. The average molecular weight is 292 g/mol. The van der Waals surface area contributed by atoms with E-state index in [1.807, 2.05) is 0 Å². The van der Waals surface area contributed by atoms with Crippen molar-refractivity contribution in [3.8, 4) is 0 Å². The van der Waals surface area contributed by atoms with E-state index in [0.29, 0.717) is 0 Å². The number of aryl methyl sites for hydroxylation is 5. The number of hydrogen-bond acceptors (Lipinski definition) is 0. The molecule has 0 atom stereocenters. The van der Waals surface area contributed by atoms with E-state index in [-0.39, 0.29) is 0 Å². The summed E-state index contributed by atoms with van der Waals surface area (Å²) in [7, 11) is 0. The smallest absolute Gasteiger partial charge is 0.0172 e. The van der Waals surface area contributed by atoms with Gasteiger partial charge in [-0.3, -0.25) is 0 Å². The lowest BCUT2D eigenvalue weighted by Gasteiger charge is -2.15. The van der Waals surface area contributed by atoms with Crippen molar-refractivity contribution in [2.75, 3.05) is 0 Å². The van der Waals surface area contributed by atoms with Gasteiger partial charge in [0.1, 0.15) is 0 Å². The molecule has 0 aromatic heterocycles. The summed E-state index contributed by atoms with van der Waals surface area (Å²) in [6.07, 6.45) is 4.56. The summed E-state index contributed by atoms with van der Waals surface area (Å²) in [6, 6.07) is 13.6. The molecule has 2 rings (SSSR count). The van der Waals surface area contributed by atoms with Crippen molar-refractivity contribution in [1.82, 2.24) is 0 Å². The average Bonchev–Trinajstić information content (AvgIpc) is 2.48. The van der Waals surface area contributed by atoms with Gasteiger partial charge in [-0.05, 0) is 74.3 Å². The minimum Gasteiger partial charge on any atom is -0.0955 e. The zero-order chi connectivity index (χ0) is 16.1. The molecule has 0 amide bonds. The zero-order valence-electron chi connectivity index (χ0n) is 14.5. The summed E-state index contributed by atoms with van der Waals surface area (Å²) < 4.78 is 0. The molecule has 0 bridgehead atoms. The quantitative estimate of drug-likeness (QED) is 0.605. The molecule has 0 aliphatic heterocycles. The molecule has 0 aliphatic rings. The van der Waals surface area contributed by atoms with Gasteiger partial charge in [-0.2, -0.15) is 0 Å². The molecule has 2 aromatic carbocycles. The van der Waals surface area contributed by atoms with Gasteiger partial charge in [0.25, 0.3) is 0 Å². The van der Waals surface area contributed by atoms with Gasteiger partial charge in [0.2, 0.25) is 0 Å². The maximum Gasteiger partial charge on any atom is -0.0172 e. The van der Waals surface area contributed by atoms with Crippen LogP contribution in [0.1, 0.15) is 53.6 Å². The van der Waals surface area contributed by atoms with Crippen molar-refractivity contribution in [2.45, 2.75) is 53.4 Å². The molecule has 0 aliphatic carbocycles. The van der Waals surface area contributed by atoms with E-state index in [2.05, 4.69) is 70.7 Å². The summed E-state index contributed by atoms with van der Waals surface area (Å²) in [5.41, 5.74) is 9.61. The van der Waals surface area contributed by atoms with Gasteiger partial charge >= 0.3 is 0 Å². The molecule has 116 valence electrons. The lowest BCUT2D eigenvalue weighted by molar-refractivity contribution is 0.816. The highest BCUT2D eigenvalue weighted by molar-refractivity contribution is 5.68. The first-order chi connectivity index (χ1) is 10.5. The van der Waals surface area contributed by atoms with Gasteiger partial charge in [-0.25, -0.2) is 0 Å². The third-order valence-electron chi connectivity index (χ3n) is 4.34. The zero-order valence-corrected chi connectivity index (χ0v) is 14.5. The summed E-state index contributed by atoms with van der Waals surface area (Å²) in [5, 5.41) is 0. The Balaban J connectivity index is 2.12. The SMILES string of the molecule is C=C(C)c1c(C)cc(CC)cc1CCCc1ccc(C)cc1. The van der Waals surface area contributed by atoms with Crippen LogP contribution in [0, 0.1) is 13.8 Å². The number of rotatable bonds is 6. The Morgan fingerprint density at radius 3 is 2.23 bits per heavy atom. The fourth-order valence-corrected chi connectivity index (χ4v) is 3.19. The fourth-order valence-electron chi connectivity index (χ4n) is 3.19. The van der Waals surface area contributed by atoms with Gasteiger partial charge in [0, 0.05) is 0 Å². The second-order valence-corrected chi connectivity index (χ2v) is 6.42. The van der Waals surface area contributed by atoms with Crippen LogP contribution in [-0.2, 0) is 19.3 Å². The summed E-state index contributed by atoms with van der Waals surface area (Å²) >= 11 is 0. The van der Waals surface area contributed by atoms with Crippen LogP contribution in [0.3, 0.4) is 0 Å². The van der Waals surface area contributed by atoms with Crippen LogP contribution in [0.5, 0.6) is 0 Å². The van der Waals surface area contributed by atoms with Crippen LogP contribution < -0.4 is 0 Å². The fraction of sp³-hybridized carbons (Fsp3) is 0.364. The van der Waals surface area contributed by atoms with E-state index in [9.17, 15) is 0 Å². The largest absolute Gasteiger partial charge is 0.0955 e. The van der Waals surface area contributed by atoms with E-state index >= 15 is 0 Å². The molecular weight excluding hydrogens is 264 g/mol. The van der Waals surface area contributed by atoms with Crippen LogP contribution in [0.4, 0.5) is 0 Å². The molecular formula is C22H28. The second-order valence-electron chi connectivity index (χ2n) is 6.42. The molecule has 0 N–H and O–H groups in total. The highest BCUT2D eigenvalue weighted by Gasteiger charge is 2.08. The van der Waals surface area contributed by atoms with E-state index in [1.165, 1.54) is 45.4 Å². The molecule has 0 heterocycles. The predicted octanol–water partition coefficient (Wildman–Crippen LogP) is 6.07. The topological polar surface area (TPSA) is 0 Å². The highest BCUT2D eigenvalue weighted by atomic mass is 14.1. The van der Waals surface area contributed by atoms with Crippen molar-refractivity contribution in [2.24, 2.45) is 0 Å². The minimum absolute atomic E-state index is 1.10.